The van der Waals surface area contributed by atoms with Crippen molar-refractivity contribution in [2.24, 2.45) is 0 Å². The highest BCUT2D eigenvalue weighted by atomic mass is 35.5. The fourth-order valence-corrected chi connectivity index (χ4v) is 7.76. The number of nitrogens with one attached hydrogen (secondary N) is 1. The highest BCUT2D eigenvalue weighted by Gasteiger charge is 2.11. The van der Waals surface area contributed by atoms with E-state index in [-0.39, 0.29) is 42.7 Å². The first-order valence-electron chi connectivity index (χ1n) is 26.9. The van der Waals surface area contributed by atoms with Crippen molar-refractivity contribution in [1.29, 1.82) is 0 Å². The molecular weight excluding hydrogens is 992 g/mol. The number of unbranched alkanes of at least 4 members (excludes halogenated alkanes) is 2. The molecule has 12 nitrogen and oxygen atoms in total. The van der Waals surface area contributed by atoms with Crippen LogP contribution < -0.4 is 24.3 Å². The maximum atomic E-state index is 12.2. The molecule has 0 atom stereocenters. The first kappa shape index (κ1) is 62.4. The number of hydrogen-bond acceptors (Lipinski definition) is 11. The van der Waals surface area contributed by atoms with Gasteiger partial charge in [-0.15, -0.1) is 0 Å². The van der Waals surface area contributed by atoms with Gasteiger partial charge < -0.3 is 38.6 Å². The Kier molecular flexibility index (Phi) is 31.1. The van der Waals surface area contributed by atoms with Crippen LogP contribution in [0.15, 0.2) is 158 Å². The van der Waals surface area contributed by atoms with Crippen molar-refractivity contribution < 1.29 is 47.6 Å². The van der Waals surface area contributed by atoms with Crippen LogP contribution in [-0.4, -0.2) is 67.5 Å². The van der Waals surface area contributed by atoms with E-state index in [1.54, 1.807) is 6.92 Å². The molecule has 0 aromatic heterocycles. The van der Waals surface area contributed by atoms with E-state index in [1.165, 1.54) is 30.0 Å². The molecule has 0 aliphatic heterocycles. The summed E-state index contributed by atoms with van der Waals surface area (Å²) in [6, 6.07) is 52.1. The molecule has 412 valence electrons. The monoisotopic (exact) mass is 1070 g/mol. The molecular formula is C64H79ClN2O10. The van der Waals surface area contributed by atoms with Crippen LogP contribution >= 0.6 is 11.6 Å². The molecule has 0 heterocycles. The number of aryl methyl sites for hydroxylation is 2. The van der Waals surface area contributed by atoms with Crippen LogP contribution in [0.3, 0.4) is 0 Å². The van der Waals surface area contributed by atoms with Gasteiger partial charge in [-0.1, -0.05) is 109 Å². The van der Waals surface area contributed by atoms with Gasteiger partial charge in [0.2, 0.25) is 11.1 Å². The number of benzene rings is 6. The van der Waals surface area contributed by atoms with Gasteiger partial charge in [0.25, 0.3) is 0 Å². The fraction of sp³-hybridized carbons (Fsp3) is 0.375. The Morgan fingerprint density at radius 1 is 0.468 bits per heavy atom. The van der Waals surface area contributed by atoms with E-state index in [4.69, 9.17) is 28.4 Å². The summed E-state index contributed by atoms with van der Waals surface area (Å²) in [6.07, 6.45) is 8.28. The Bertz CT molecular complexity index is 2560. The SMILES string of the molecule is CC(=O)Cl.CCOc1ccc(COC(=O)CCCOc2cccc(CN(CCCCc3ccccc3)C(C)=O)c2)cc1.CCOc1ccc(COC(=O)CCCOc2cccc(CNCCCCc3ccccc3)c2)cc1. The van der Waals surface area contributed by atoms with E-state index in [2.05, 4.69) is 83.6 Å². The zero-order valence-electron chi connectivity index (χ0n) is 45.6. The molecule has 1 amide bonds. The van der Waals surface area contributed by atoms with Crippen LogP contribution in [0.2, 0.25) is 0 Å². The Morgan fingerprint density at radius 3 is 1.38 bits per heavy atom. The third-order valence-electron chi connectivity index (χ3n) is 11.7. The molecule has 0 spiro atoms. The van der Waals surface area contributed by atoms with E-state index in [0.29, 0.717) is 52.2 Å². The minimum absolute atomic E-state index is 0.0692. The Labute approximate surface area is 462 Å². The molecule has 0 aliphatic carbocycles. The van der Waals surface area contributed by atoms with Crippen molar-refractivity contribution in [3.8, 4) is 23.0 Å². The maximum absolute atomic E-state index is 12.2. The molecule has 1 N–H and O–H groups in total. The second kappa shape index (κ2) is 38.4. The summed E-state index contributed by atoms with van der Waals surface area (Å²) in [7, 11) is 0. The van der Waals surface area contributed by atoms with Crippen molar-refractivity contribution >= 4 is 34.7 Å². The minimum Gasteiger partial charge on any atom is -0.494 e. The number of halogens is 1. The molecule has 0 bridgehead atoms. The number of rotatable bonds is 32. The first-order chi connectivity index (χ1) is 37.5. The van der Waals surface area contributed by atoms with Crippen molar-refractivity contribution in [3.63, 3.8) is 0 Å². The van der Waals surface area contributed by atoms with Gasteiger partial charge in [-0.25, -0.2) is 0 Å². The molecule has 0 unspecified atom stereocenters. The van der Waals surface area contributed by atoms with Gasteiger partial charge in [-0.2, -0.15) is 0 Å². The molecule has 6 aromatic carbocycles. The van der Waals surface area contributed by atoms with Crippen molar-refractivity contribution in [1.82, 2.24) is 10.2 Å². The molecule has 0 saturated heterocycles. The van der Waals surface area contributed by atoms with Crippen LogP contribution in [-0.2, 0) is 67.8 Å². The molecule has 6 rings (SSSR count). The van der Waals surface area contributed by atoms with Gasteiger partial charge in [0.1, 0.15) is 36.2 Å². The normalized spacial score (nSPS) is 10.4. The number of carbonyl (C=O) groups is 4. The van der Waals surface area contributed by atoms with Crippen molar-refractivity contribution in [3.05, 3.63) is 191 Å². The molecule has 77 heavy (non-hydrogen) atoms. The van der Waals surface area contributed by atoms with Crippen LogP contribution in [0.4, 0.5) is 0 Å². The standard InChI is InChI=1S/C32H39NO5.C30H37NO4.C2H3ClO/c1-3-36-30-19-17-28(18-20-30)25-38-32(35)16-10-22-37-31-15-9-14-29(23-31)24-33(26(2)34)21-8-7-13-27-11-5-4-6-12-27;1-2-33-28-18-16-26(17-19-28)24-35-30(32)15-9-21-34-29-14-8-13-27(22-29)23-31-20-7-6-12-25-10-4-3-5-11-25;1-2(3)4/h4-6,9,11-12,14-15,17-20,23H,3,7-8,10,13,16,21-22,24-25H2,1-2H3;3-5,8,10-11,13-14,16-19,22,31H,2,6-7,9,12,15,20-21,23-24H2,1H3;1H3. The second-order valence-corrected chi connectivity index (χ2v) is 18.7. The fourth-order valence-electron chi connectivity index (χ4n) is 7.76. The van der Waals surface area contributed by atoms with E-state index < -0.39 is 0 Å². The predicted octanol–water partition coefficient (Wildman–Crippen LogP) is 13.2. The summed E-state index contributed by atoms with van der Waals surface area (Å²) >= 11 is 4.64. The molecule has 0 radical (unpaired) electrons. The Hall–Kier alpha value is -7.15. The van der Waals surface area contributed by atoms with Gasteiger partial charge in [0, 0.05) is 46.3 Å². The Morgan fingerprint density at radius 2 is 0.909 bits per heavy atom. The topological polar surface area (TPSA) is 139 Å². The van der Waals surface area contributed by atoms with Gasteiger partial charge in [0.15, 0.2) is 0 Å². The largest absolute Gasteiger partial charge is 0.494 e. The third kappa shape index (κ3) is 29.1. The number of ether oxygens (including phenoxy) is 6. The Balaban J connectivity index is 0.000000312. The highest BCUT2D eigenvalue weighted by Crippen LogP contribution is 2.19. The zero-order valence-corrected chi connectivity index (χ0v) is 46.3. The average molecular weight is 1070 g/mol. The van der Waals surface area contributed by atoms with E-state index in [1.807, 2.05) is 110 Å². The highest BCUT2D eigenvalue weighted by molar-refractivity contribution is 6.62. The van der Waals surface area contributed by atoms with Crippen LogP contribution in [0, 0.1) is 0 Å². The van der Waals surface area contributed by atoms with Crippen LogP contribution in [0.5, 0.6) is 23.0 Å². The van der Waals surface area contributed by atoms with Crippen LogP contribution in [0.1, 0.15) is 112 Å². The second-order valence-electron chi connectivity index (χ2n) is 18.1. The zero-order chi connectivity index (χ0) is 55.1. The summed E-state index contributed by atoms with van der Waals surface area (Å²) < 4.78 is 33.2. The summed E-state index contributed by atoms with van der Waals surface area (Å²) in [5.41, 5.74) is 6.81. The smallest absolute Gasteiger partial charge is 0.306 e. The lowest BCUT2D eigenvalue weighted by molar-refractivity contribution is -0.146. The van der Waals surface area contributed by atoms with Gasteiger partial charge in [-0.3, -0.25) is 19.2 Å². The maximum Gasteiger partial charge on any atom is 0.306 e. The molecule has 0 saturated carbocycles. The summed E-state index contributed by atoms with van der Waals surface area (Å²) in [5, 5.41) is 3.15. The number of nitrogens with zero attached hydrogens (tertiary/aromatic N) is 1. The van der Waals surface area contributed by atoms with Gasteiger partial charge >= 0.3 is 11.9 Å². The first-order valence-corrected chi connectivity index (χ1v) is 27.3. The quantitative estimate of drug-likeness (QED) is 0.0245. The number of hydrogen-bond donors (Lipinski definition) is 1. The number of amides is 1. The van der Waals surface area contributed by atoms with Crippen molar-refractivity contribution in [2.45, 2.75) is 118 Å². The summed E-state index contributed by atoms with van der Waals surface area (Å²) in [6.45, 7) is 12.6. The van der Waals surface area contributed by atoms with Crippen molar-refractivity contribution in [2.75, 3.05) is 39.5 Å². The lowest BCUT2D eigenvalue weighted by atomic mass is 10.1. The molecule has 0 fully saturated rings. The van der Waals surface area contributed by atoms with Gasteiger partial charge in [-0.05, 0) is 165 Å². The molecule has 13 heteroatoms. The average Bonchev–Trinajstić information content (AvgIpc) is 3.43. The number of esters is 2. The molecule has 0 aliphatic rings. The third-order valence-corrected chi connectivity index (χ3v) is 11.7. The van der Waals surface area contributed by atoms with Gasteiger partial charge in [0.05, 0.1) is 26.4 Å². The lowest BCUT2D eigenvalue weighted by Gasteiger charge is -2.21. The molecule has 6 aromatic rings. The van der Waals surface area contributed by atoms with E-state index in [0.717, 1.165) is 91.4 Å². The van der Waals surface area contributed by atoms with E-state index in [9.17, 15) is 19.2 Å². The minimum atomic E-state index is -0.361. The van der Waals surface area contributed by atoms with Crippen LogP contribution in [0.25, 0.3) is 0 Å². The predicted molar refractivity (Wildman–Crippen MR) is 305 cm³/mol. The summed E-state index contributed by atoms with van der Waals surface area (Å²) in [4.78, 5) is 47.4. The summed E-state index contributed by atoms with van der Waals surface area (Å²) in [5.74, 6) is 2.79. The lowest BCUT2D eigenvalue weighted by Crippen LogP contribution is -2.29. The number of carbonyl (C=O) groups excluding carboxylic acids is 4. The van der Waals surface area contributed by atoms with E-state index >= 15 is 0 Å².